The highest BCUT2D eigenvalue weighted by Gasteiger charge is 2.33. The quantitative estimate of drug-likeness (QED) is 0.475. The Morgan fingerprint density at radius 3 is 2.39 bits per heavy atom. The fourth-order valence-electron chi connectivity index (χ4n) is 4.14. The first-order valence-corrected chi connectivity index (χ1v) is 14.0. The van der Waals surface area contributed by atoms with Gasteiger partial charge in [-0.2, -0.15) is 0 Å². The number of carbonyl (C=O) groups is 2. The molecule has 36 heavy (non-hydrogen) atoms. The van der Waals surface area contributed by atoms with Crippen LogP contribution in [0.3, 0.4) is 0 Å². The maximum atomic E-state index is 13.5. The molecule has 0 bridgehead atoms. The van der Waals surface area contributed by atoms with Crippen molar-refractivity contribution in [2.24, 2.45) is 5.92 Å². The van der Waals surface area contributed by atoms with E-state index in [2.05, 4.69) is 10.3 Å². The third-order valence-corrected chi connectivity index (χ3v) is 8.50. The van der Waals surface area contributed by atoms with E-state index in [9.17, 15) is 18.0 Å². The summed E-state index contributed by atoms with van der Waals surface area (Å²) in [6.45, 7) is 3.65. The van der Waals surface area contributed by atoms with Gasteiger partial charge in [-0.05, 0) is 56.0 Å². The van der Waals surface area contributed by atoms with Crippen LogP contribution >= 0.6 is 23.7 Å². The van der Waals surface area contributed by atoms with E-state index in [4.69, 9.17) is 5.73 Å². The van der Waals surface area contributed by atoms with Crippen LogP contribution in [0.4, 0.5) is 16.5 Å². The summed E-state index contributed by atoms with van der Waals surface area (Å²) in [5.74, 6) is -1.01. The van der Waals surface area contributed by atoms with E-state index in [1.807, 2.05) is 49.6 Å². The van der Waals surface area contributed by atoms with Gasteiger partial charge in [-0.25, -0.2) is 13.4 Å². The van der Waals surface area contributed by atoms with Crippen LogP contribution in [0.15, 0.2) is 47.8 Å². The Hall–Kier alpha value is -2.95. The predicted molar refractivity (Wildman–Crippen MR) is 147 cm³/mol. The number of hydrogen-bond donors (Lipinski definition) is 2. The topological polar surface area (TPSA) is 122 Å². The van der Waals surface area contributed by atoms with Crippen molar-refractivity contribution in [2.45, 2.75) is 26.7 Å². The summed E-state index contributed by atoms with van der Waals surface area (Å²) in [7, 11) is -3.10. The molecule has 0 spiro atoms. The van der Waals surface area contributed by atoms with Crippen molar-refractivity contribution in [3.63, 3.8) is 0 Å². The molecule has 2 heterocycles. The molecule has 1 aromatic heterocycles. The molecule has 1 saturated heterocycles. The van der Waals surface area contributed by atoms with E-state index in [0.717, 1.165) is 22.4 Å². The van der Waals surface area contributed by atoms with Crippen LogP contribution in [0.25, 0.3) is 11.3 Å². The van der Waals surface area contributed by atoms with Gasteiger partial charge in [-0.15, -0.1) is 23.7 Å². The number of thiazole rings is 1. The van der Waals surface area contributed by atoms with Gasteiger partial charge in [0.2, 0.25) is 11.8 Å². The standard InChI is InChI=1S/C25H28N4O4S2.ClH/c1-16-3-4-17(2)22(13-16)29(24(31)19-9-11-35(32,33)12-10-19)14-23(30)27-20-7-5-18(6-8-20)21-15-34-25(26)28-21;/h3-8,13,15,19H,9-12,14H2,1-2H3,(H2,26,28)(H,27,30);1H. The zero-order valence-corrected chi connectivity index (χ0v) is 22.5. The number of nitrogens with one attached hydrogen (secondary N) is 1. The number of hydrogen-bond acceptors (Lipinski definition) is 7. The largest absolute Gasteiger partial charge is 0.375 e. The van der Waals surface area contributed by atoms with Crippen molar-refractivity contribution in [2.75, 3.05) is 34.0 Å². The molecule has 4 rings (SSSR count). The average Bonchev–Trinajstić information content (AvgIpc) is 3.25. The zero-order chi connectivity index (χ0) is 25.2. The molecule has 3 aromatic rings. The molecular formula is C25H29ClN4O4S2. The second-order valence-electron chi connectivity index (χ2n) is 8.84. The lowest BCUT2D eigenvalue weighted by molar-refractivity contribution is -0.124. The van der Waals surface area contributed by atoms with Gasteiger partial charge in [0.15, 0.2) is 5.13 Å². The summed E-state index contributed by atoms with van der Waals surface area (Å²) in [4.78, 5) is 32.3. The van der Waals surface area contributed by atoms with Crippen LogP contribution < -0.4 is 16.0 Å². The molecule has 3 N–H and O–H groups in total. The van der Waals surface area contributed by atoms with Crippen molar-refractivity contribution in [3.05, 3.63) is 59.0 Å². The second kappa shape index (κ2) is 11.4. The number of sulfone groups is 1. The Balaban J connectivity index is 0.00000361. The lowest BCUT2D eigenvalue weighted by Gasteiger charge is -2.30. The van der Waals surface area contributed by atoms with Crippen molar-refractivity contribution in [1.29, 1.82) is 0 Å². The van der Waals surface area contributed by atoms with Crippen molar-refractivity contribution in [3.8, 4) is 11.3 Å². The highest BCUT2D eigenvalue weighted by atomic mass is 35.5. The molecule has 192 valence electrons. The third kappa shape index (κ3) is 6.63. The van der Waals surface area contributed by atoms with E-state index >= 15 is 0 Å². The van der Waals surface area contributed by atoms with Gasteiger partial charge in [0.05, 0.1) is 17.2 Å². The Kier molecular flexibility index (Phi) is 8.76. The van der Waals surface area contributed by atoms with Gasteiger partial charge in [0, 0.05) is 28.2 Å². The van der Waals surface area contributed by atoms with E-state index in [-0.39, 0.29) is 55.1 Å². The smallest absolute Gasteiger partial charge is 0.244 e. The number of carbonyl (C=O) groups excluding carboxylic acids is 2. The van der Waals surface area contributed by atoms with Crippen LogP contribution in [0.5, 0.6) is 0 Å². The highest BCUT2D eigenvalue weighted by molar-refractivity contribution is 7.91. The highest BCUT2D eigenvalue weighted by Crippen LogP contribution is 2.28. The minimum atomic E-state index is -3.10. The minimum Gasteiger partial charge on any atom is -0.375 e. The third-order valence-electron chi connectivity index (χ3n) is 6.11. The number of nitrogens with two attached hydrogens (primary N) is 1. The van der Waals surface area contributed by atoms with Crippen LogP contribution in [0.1, 0.15) is 24.0 Å². The average molecular weight is 549 g/mol. The van der Waals surface area contributed by atoms with Gasteiger partial charge < -0.3 is 16.0 Å². The summed E-state index contributed by atoms with van der Waals surface area (Å²) in [5, 5.41) is 5.22. The predicted octanol–water partition coefficient (Wildman–Crippen LogP) is 4.23. The normalized spacial score (nSPS) is 15.1. The summed E-state index contributed by atoms with van der Waals surface area (Å²) in [6, 6.07) is 13.0. The number of aryl methyl sites for hydroxylation is 2. The van der Waals surface area contributed by atoms with E-state index in [0.29, 0.717) is 16.5 Å². The number of benzene rings is 2. The number of amides is 2. The second-order valence-corrected chi connectivity index (χ2v) is 12.0. The fraction of sp³-hybridized carbons (Fsp3) is 0.320. The monoisotopic (exact) mass is 548 g/mol. The first-order valence-electron chi connectivity index (χ1n) is 11.3. The molecule has 11 heteroatoms. The van der Waals surface area contributed by atoms with Gasteiger partial charge in [0.25, 0.3) is 0 Å². The number of aromatic nitrogens is 1. The van der Waals surface area contributed by atoms with Crippen molar-refractivity contribution in [1.82, 2.24) is 4.98 Å². The van der Waals surface area contributed by atoms with E-state index < -0.39 is 15.8 Å². The fourth-order valence-corrected chi connectivity index (χ4v) is 6.20. The van der Waals surface area contributed by atoms with Crippen LogP contribution in [0, 0.1) is 19.8 Å². The van der Waals surface area contributed by atoms with Crippen LogP contribution in [0.2, 0.25) is 0 Å². The van der Waals surface area contributed by atoms with Crippen LogP contribution in [-0.2, 0) is 19.4 Å². The lowest BCUT2D eigenvalue weighted by atomic mass is 9.99. The van der Waals surface area contributed by atoms with Crippen molar-refractivity contribution >= 4 is 61.9 Å². The number of nitrogens with zero attached hydrogens (tertiary/aromatic N) is 2. The van der Waals surface area contributed by atoms with Crippen molar-refractivity contribution < 1.29 is 18.0 Å². The summed E-state index contributed by atoms with van der Waals surface area (Å²) in [6.07, 6.45) is 0.541. The molecule has 1 aliphatic rings. The first-order chi connectivity index (χ1) is 16.6. The summed E-state index contributed by atoms with van der Waals surface area (Å²) < 4.78 is 23.7. The summed E-state index contributed by atoms with van der Waals surface area (Å²) >= 11 is 1.36. The van der Waals surface area contributed by atoms with Gasteiger partial charge in [-0.3, -0.25) is 9.59 Å². The Bertz CT molecular complexity index is 1340. The van der Waals surface area contributed by atoms with Crippen LogP contribution in [-0.4, -0.2) is 43.3 Å². The molecule has 1 aliphatic heterocycles. The van der Waals surface area contributed by atoms with E-state index in [1.54, 1.807) is 12.1 Å². The maximum absolute atomic E-state index is 13.5. The first kappa shape index (κ1) is 27.6. The zero-order valence-electron chi connectivity index (χ0n) is 20.1. The molecule has 1 fully saturated rings. The Morgan fingerprint density at radius 1 is 1.11 bits per heavy atom. The van der Waals surface area contributed by atoms with Gasteiger partial charge in [-0.1, -0.05) is 24.3 Å². The summed E-state index contributed by atoms with van der Waals surface area (Å²) in [5.41, 5.74) is 10.5. The lowest BCUT2D eigenvalue weighted by Crippen LogP contribution is -2.44. The number of anilines is 3. The molecule has 2 aromatic carbocycles. The molecule has 0 radical (unpaired) electrons. The molecule has 0 aliphatic carbocycles. The Morgan fingerprint density at radius 2 is 1.78 bits per heavy atom. The number of halogens is 1. The molecule has 8 nitrogen and oxygen atoms in total. The number of rotatable bonds is 6. The van der Waals surface area contributed by atoms with Gasteiger partial charge >= 0.3 is 0 Å². The molecular weight excluding hydrogens is 520 g/mol. The minimum absolute atomic E-state index is 0. The number of nitrogen functional groups attached to an aromatic ring is 1. The SMILES string of the molecule is Cc1ccc(C)c(N(CC(=O)Nc2ccc(-c3csc(N)n3)cc2)C(=O)C2CCS(=O)(=O)CC2)c1.Cl. The maximum Gasteiger partial charge on any atom is 0.244 e. The van der Waals surface area contributed by atoms with E-state index in [1.165, 1.54) is 16.2 Å². The van der Waals surface area contributed by atoms with Gasteiger partial charge in [0.1, 0.15) is 16.4 Å². The molecule has 2 amide bonds. The molecule has 0 atom stereocenters. The molecule has 0 saturated carbocycles. The Labute approximate surface area is 221 Å². The molecule has 0 unspecified atom stereocenters.